The zero-order chi connectivity index (χ0) is 13.8. The molecule has 1 atom stereocenters. The number of aromatic nitrogens is 3. The lowest BCUT2D eigenvalue weighted by molar-refractivity contribution is 0.505. The molecule has 0 aliphatic rings. The smallest absolute Gasteiger partial charge is 0.0732 e. The number of pyridine rings is 1. The van der Waals surface area contributed by atoms with E-state index in [1.807, 2.05) is 23.7 Å². The fraction of sp³-hybridized carbons (Fsp3) is 0.385. The van der Waals surface area contributed by atoms with E-state index in [0.717, 1.165) is 34.5 Å². The first kappa shape index (κ1) is 14.2. The number of nitrogens with zero attached hydrogens (tertiary/aromatic N) is 3. The Balaban J connectivity index is 2.26. The summed E-state index contributed by atoms with van der Waals surface area (Å²) in [6.07, 6.45) is 2.52. The fourth-order valence-electron chi connectivity index (χ4n) is 2.14. The summed E-state index contributed by atoms with van der Waals surface area (Å²) in [7, 11) is 0. The van der Waals surface area contributed by atoms with E-state index >= 15 is 0 Å². The largest absolute Gasteiger partial charge is 0.271 e. The zero-order valence-electron chi connectivity index (χ0n) is 11.1. The second-order valence-electron chi connectivity index (χ2n) is 4.39. The third-order valence-electron chi connectivity index (χ3n) is 3.02. The summed E-state index contributed by atoms with van der Waals surface area (Å²) in [5.41, 5.74) is 5.92. The summed E-state index contributed by atoms with van der Waals surface area (Å²) in [4.78, 5) is 4.39. The lowest BCUT2D eigenvalue weighted by Crippen LogP contribution is -2.31. The van der Waals surface area contributed by atoms with Crippen LogP contribution in [0.3, 0.4) is 0 Å². The summed E-state index contributed by atoms with van der Waals surface area (Å²) in [6, 6.07) is 5.90. The Morgan fingerprint density at radius 3 is 2.95 bits per heavy atom. The van der Waals surface area contributed by atoms with Crippen molar-refractivity contribution in [3.8, 4) is 0 Å². The van der Waals surface area contributed by atoms with Gasteiger partial charge in [0, 0.05) is 29.3 Å². The molecule has 0 saturated carbocycles. The third-order valence-corrected chi connectivity index (χ3v) is 3.69. The molecule has 2 aromatic heterocycles. The minimum Gasteiger partial charge on any atom is -0.271 e. The van der Waals surface area contributed by atoms with E-state index in [-0.39, 0.29) is 6.04 Å². The van der Waals surface area contributed by atoms with Crippen molar-refractivity contribution >= 4 is 15.9 Å². The molecule has 0 saturated heterocycles. The Bertz CT molecular complexity index is 552. The first-order chi connectivity index (χ1) is 9.15. The summed E-state index contributed by atoms with van der Waals surface area (Å²) >= 11 is 3.51. The summed E-state index contributed by atoms with van der Waals surface area (Å²) < 4.78 is 2.95. The second kappa shape index (κ2) is 6.27. The Hall–Kier alpha value is -1.24. The van der Waals surface area contributed by atoms with Crippen molar-refractivity contribution < 1.29 is 0 Å². The van der Waals surface area contributed by atoms with Crippen LogP contribution in [0.5, 0.6) is 0 Å². The van der Waals surface area contributed by atoms with E-state index in [4.69, 9.17) is 5.84 Å². The van der Waals surface area contributed by atoms with Crippen molar-refractivity contribution in [1.29, 1.82) is 0 Å². The molecule has 0 amide bonds. The maximum atomic E-state index is 5.68. The van der Waals surface area contributed by atoms with Crippen LogP contribution in [-0.4, -0.2) is 14.8 Å². The van der Waals surface area contributed by atoms with Crippen LogP contribution in [0.2, 0.25) is 0 Å². The fourth-order valence-corrected chi connectivity index (χ4v) is 2.67. The molecule has 102 valence electrons. The number of rotatable bonds is 5. The molecule has 0 spiro atoms. The van der Waals surface area contributed by atoms with E-state index in [1.54, 1.807) is 6.20 Å². The highest BCUT2D eigenvalue weighted by Crippen LogP contribution is 2.23. The van der Waals surface area contributed by atoms with Crippen molar-refractivity contribution in [1.82, 2.24) is 20.2 Å². The van der Waals surface area contributed by atoms with E-state index in [2.05, 4.69) is 44.4 Å². The van der Waals surface area contributed by atoms with Gasteiger partial charge >= 0.3 is 0 Å². The predicted molar refractivity (Wildman–Crippen MR) is 78.3 cm³/mol. The van der Waals surface area contributed by atoms with Gasteiger partial charge in [0.25, 0.3) is 0 Å². The standard InChI is InChI=1S/C13H18BrN5/c1-3-19-10(7-9(2)18-19)8-12(17-15)13-11(14)5-4-6-16-13/h4-7,12,17H,3,8,15H2,1-2H3. The van der Waals surface area contributed by atoms with Gasteiger partial charge in [-0.05, 0) is 48.0 Å². The third kappa shape index (κ3) is 3.20. The number of nitrogens with two attached hydrogens (primary N) is 1. The van der Waals surface area contributed by atoms with Crippen molar-refractivity contribution in [3.05, 3.63) is 46.0 Å². The molecule has 6 heteroatoms. The van der Waals surface area contributed by atoms with Crippen molar-refractivity contribution in [2.45, 2.75) is 32.9 Å². The van der Waals surface area contributed by atoms with E-state index < -0.39 is 0 Å². The Kier molecular flexibility index (Phi) is 4.68. The average Bonchev–Trinajstić information content (AvgIpc) is 2.77. The predicted octanol–water partition coefficient (Wildman–Crippen LogP) is 2.12. The van der Waals surface area contributed by atoms with E-state index in [1.165, 1.54) is 0 Å². The van der Waals surface area contributed by atoms with E-state index in [9.17, 15) is 0 Å². The van der Waals surface area contributed by atoms with Crippen molar-refractivity contribution in [2.75, 3.05) is 0 Å². The van der Waals surface area contributed by atoms with Gasteiger partial charge in [-0.3, -0.25) is 20.9 Å². The van der Waals surface area contributed by atoms with Gasteiger partial charge in [-0.2, -0.15) is 5.10 Å². The number of hydrazine groups is 1. The maximum absolute atomic E-state index is 5.68. The monoisotopic (exact) mass is 323 g/mol. The number of aryl methyl sites for hydroxylation is 2. The van der Waals surface area contributed by atoms with E-state index in [0.29, 0.717) is 0 Å². The first-order valence-corrected chi connectivity index (χ1v) is 7.04. The molecule has 19 heavy (non-hydrogen) atoms. The normalized spacial score (nSPS) is 12.6. The van der Waals surface area contributed by atoms with Gasteiger partial charge in [-0.25, -0.2) is 0 Å². The van der Waals surface area contributed by atoms with Crippen molar-refractivity contribution in [2.24, 2.45) is 5.84 Å². The highest BCUT2D eigenvalue weighted by Gasteiger charge is 2.17. The first-order valence-electron chi connectivity index (χ1n) is 6.25. The van der Waals surface area contributed by atoms with Gasteiger partial charge in [0.1, 0.15) is 0 Å². The van der Waals surface area contributed by atoms with Crippen LogP contribution < -0.4 is 11.3 Å². The minimum absolute atomic E-state index is 0.0445. The van der Waals surface area contributed by atoms with Crippen LogP contribution in [0, 0.1) is 6.92 Å². The zero-order valence-corrected chi connectivity index (χ0v) is 12.7. The number of hydrogen-bond acceptors (Lipinski definition) is 4. The Labute approximate surface area is 121 Å². The number of hydrogen-bond donors (Lipinski definition) is 2. The molecule has 2 aromatic rings. The molecule has 2 heterocycles. The molecule has 0 radical (unpaired) electrons. The lowest BCUT2D eigenvalue weighted by Gasteiger charge is -2.17. The van der Waals surface area contributed by atoms with Crippen LogP contribution >= 0.6 is 15.9 Å². The summed E-state index contributed by atoms with van der Waals surface area (Å²) in [6.45, 7) is 4.93. The van der Waals surface area contributed by atoms with Crippen LogP contribution in [0.4, 0.5) is 0 Å². The summed E-state index contributed by atoms with van der Waals surface area (Å²) in [5.74, 6) is 5.68. The SMILES string of the molecule is CCn1nc(C)cc1CC(NN)c1ncccc1Br. The highest BCUT2D eigenvalue weighted by atomic mass is 79.9. The van der Waals surface area contributed by atoms with Gasteiger partial charge < -0.3 is 0 Å². The molecule has 0 aliphatic carbocycles. The second-order valence-corrected chi connectivity index (χ2v) is 5.24. The molecule has 0 aromatic carbocycles. The maximum Gasteiger partial charge on any atom is 0.0732 e. The van der Waals surface area contributed by atoms with Gasteiger partial charge in [0.2, 0.25) is 0 Å². The van der Waals surface area contributed by atoms with Gasteiger partial charge in [0.15, 0.2) is 0 Å². The minimum atomic E-state index is -0.0445. The topological polar surface area (TPSA) is 68.8 Å². The molecule has 0 fully saturated rings. The van der Waals surface area contributed by atoms with Crippen LogP contribution in [-0.2, 0) is 13.0 Å². The Morgan fingerprint density at radius 2 is 2.32 bits per heavy atom. The lowest BCUT2D eigenvalue weighted by atomic mass is 10.1. The van der Waals surface area contributed by atoms with Gasteiger partial charge in [-0.1, -0.05) is 0 Å². The van der Waals surface area contributed by atoms with Crippen LogP contribution in [0.1, 0.15) is 30.0 Å². The molecule has 3 N–H and O–H groups in total. The average molecular weight is 324 g/mol. The molecule has 0 aliphatic heterocycles. The summed E-state index contributed by atoms with van der Waals surface area (Å²) in [5, 5.41) is 4.45. The number of halogens is 1. The van der Waals surface area contributed by atoms with Gasteiger partial charge in [-0.15, -0.1) is 0 Å². The molecular formula is C13H18BrN5. The number of nitrogens with one attached hydrogen (secondary N) is 1. The highest BCUT2D eigenvalue weighted by molar-refractivity contribution is 9.10. The van der Waals surface area contributed by atoms with Gasteiger partial charge in [0.05, 0.1) is 17.4 Å². The van der Waals surface area contributed by atoms with Crippen LogP contribution in [0.15, 0.2) is 28.9 Å². The quantitative estimate of drug-likeness (QED) is 0.653. The molecule has 2 rings (SSSR count). The van der Waals surface area contributed by atoms with Crippen LogP contribution in [0.25, 0.3) is 0 Å². The molecule has 5 nitrogen and oxygen atoms in total. The molecule has 0 bridgehead atoms. The van der Waals surface area contributed by atoms with Crippen molar-refractivity contribution in [3.63, 3.8) is 0 Å². The molecular weight excluding hydrogens is 306 g/mol. The Morgan fingerprint density at radius 1 is 1.53 bits per heavy atom. The molecule has 1 unspecified atom stereocenters.